The molecule has 0 unspecified atom stereocenters. The average Bonchev–Trinajstić information content (AvgIpc) is 3.26. The van der Waals surface area contributed by atoms with Gasteiger partial charge in [0.15, 0.2) is 18.1 Å². The zero-order valence-corrected chi connectivity index (χ0v) is 16.0. The van der Waals surface area contributed by atoms with Crippen LogP contribution in [0.1, 0.15) is 53.5 Å². The number of ether oxygens (including phenoxy) is 3. The number of para-hydroxylation sites is 1. The van der Waals surface area contributed by atoms with Crippen molar-refractivity contribution < 1.29 is 19.0 Å². The van der Waals surface area contributed by atoms with Gasteiger partial charge in [0, 0.05) is 23.0 Å². The van der Waals surface area contributed by atoms with Gasteiger partial charge in [0.1, 0.15) is 0 Å². The Morgan fingerprint density at radius 3 is 2.31 bits per heavy atom. The second-order valence-electron chi connectivity index (χ2n) is 6.80. The Balaban J connectivity index is 1.79. The molecular formula is C21H27NO4. The van der Waals surface area contributed by atoms with E-state index in [4.69, 9.17) is 14.2 Å². The van der Waals surface area contributed by atoms with Crippen molar-refractivity contribution in [2.45, 2.75) is 45.6 Å². The molecule has 1 heterocycles. The minimum Gasteiger partial charge on any atom is -0.493 e. The lowest BCUT2D eigenvalue weighted by molar-refractivity contribution is 0.0916. The standard InChI is InChI=1S/C21H27NO4/c1-14-12-17(15(2)22(14)16-8-5-6-9-16)18(23)13-26-21-19(24-3)10-7-11-20(21)25-4/h7,10-12,16H,5-6,8-9,13H2,1-4H3. The van der Waals surface area contributed by atoms with Crippen LogP contribution in [0.25, 0.3) is 0 Å². The first kappa shape index (κ1) is 18.4. The number of carbonyl (C=O) groups excluding carboxylic acids is 1. The third-order valence-electron chi connectivity index (χ3n) is 5.20. The van der Waals surface area contributed by atoms with Crippen molar-refractivity contribution in [3.05, 3.63) is 41.2 Å². The van der Waals surface area contributed by atoms with Crippen LogP contribution in [-0.4, -0.2) is 31.2 Å². The number of nitrogens with zero attached hydrogens (tertiary/aromatic N) is 1. The van der Waals surface area contributed by atoms with E-state index in [9.17, 15) is 4.79 Å². The van der Waals surface area contributed by atoms with Crippen LogP contribution in [-0.2, 0) is 0 Å². The Morgan fingerprint density at radius 2 is 1.73 bits per heavy atom. The van der Waals surface area contributed by atoms with E-state index in [-0.39, 0.29) is 12.4 Å². The number of aryl methyl sites for hydroxylation is 1. The molecule has 0 N–H and O–H groups in total. The maximum absolute atomic E-state index is 12.8. The van der Waals surface area contributed by atoms with Gasteiger partial charge < -0.3 is 18.8 Å². The van der Waals surface area contributed by atoms with Gasteiger partial charge in [0.2, 0.25) is 11.5 Å². The van der Waals surface area contributed by atoms with Crippen LogP contribution in [0.4, 0.5) is 0 Å². The highest BCUT2D eigenvalue weighted by Gasteiger charge is 2.24. The van der Waals surface area contributed by atoms with E-state index in [1.807, 2.05) is 19.1 Å². The summed E-state index contributed by atoms with van der Waals surface area (Å²) < 4.78 is 18.8. The summed E-state index contributed by atoms with van der Waals surface area (Å²) in [7, 11) is 3.14. The van der Waals surface area contributed by atoms with Crippen molar-refractivity contribution in [3.63, 3.8) is 0 Å². The zero-order valence-electron chi connectivity index (χ0n) is 16.0. The molecule has 140 valence electrons. The fourth-order valence-electron chi connectivity index (χ4n) is 3.96. The van der Waals surface area contributed by atoms with E-state index < -0.39 is 0 Å². The van der Waals surface area contributed by atoms with E-state index >= 15 is 0 Å². The lowest BCUT2D eigenvalue weighted by Crippen LogP contribution is -2.14. The Hall–Kier alpha value is -2.43. The van der Waals surface area contributed by atoms with Gasteiger partial charge in [0.25, 0.3) is 0 Å². The fourth-order valence-corrected chi connectivity index (χ4v) is 3.96. The summed E-state index contributed by atoms with van der Waals surface area (Å²) >= 11 is 0. The molecule has 0 amide bonds. The number of methoxy groups -OCH3 is 2. The first-order chi connectivity index (χ1) is 12.6. The van der Waals surface area contributed by atoms with Gasteiger partial charge in [-0.1, -0.05) is 18.9 Å². The van der Waals surface area contributed by atoms with Crippen molar-refractivity contribution in [1.82, 2.24) is 4.57 Å². The van der Waals surface area contributed by atoms with Crippen LogP contribution in [0.15, 0.2) is 24.3 Å². The molecule has 1 saturated carbocycles. The Kier molecular flexibility index (Phi) is 5.55. The number of ketones is 1. The number of benzene rings is 1. The number of carbonyl (C=O) groups is 1. The van der Waals surface area contributed by atoms with Crippen LogP contribution < -0.4 is 14.2 Å². The topological polar surface area (TPSA) is 49.7 Å². The predicted octanol–water partition coefficient (Wildman–Crippen LogP) is 4.50. The van der Waals surface area contributed by atoms with Gasteiger partial charge in [-0.2, -0.15) is 0 Å². The maximum Gasteiger partial charge on any atom is 0.203 e. The molecule has 5 heteroatoms. The van der Waals surface area contributed by atoms with Crippen molar-refractivity contribution in [3.8, 4) is 17.2 Å². The van der Waals surface area contributed by atoms with Crippen molar-refractivity contribution in [2.24, 2.45) is 0 Å². The minimum absolute atomic E-state index is 0.0321. The molecule has 3 rings (SSSR count). The molecule has 1 aliphatic carbocycles. The normalized spacial score (nSPS) is 14.5. The number of hydrogen-bond donors (Lipinski definition) is 0. The summed E-state index contributed by atoms with van der Waals surface area (Å²) in [6.45, 7) is 4.06. The lowest BCUT2D eigenvalue weighted by atomic mass is 10.1. The Morgan fingerprint density at radius 1 is 1.12 bits per heavy atom. The third kappa shape index (κ3) is 3.43. The molecule has 0 aliphatic heterocycles. The first-order valence-corrected chi connectivity index (χ1v) is 9.12. The SMILES string of the molecule is COc1cccc(OC)c1OCC(=O)c1cc(C)n(C2CCCC2)c1C. The second kappa shape index (κ2) is 7.85. The molecular weight excluding hydrogens is 330 g/mol. The van der Waals surface area contributed by atoms with E-state index in [0.717, 1.165) is 17.0 Å². The monoisotopic (exact) mass is 357 g/mol. The van der Waals surface area contributed by atoms with Crippen LogP contribution >= 0.6 is 0 Å². The maximum atomic E-state index is 12.8. The molecule has 2 aromatic rings. The molecule has 1 fully saturated rings. The molecule has 1 aromatic carbocycles. The molecule has 26 heavy (non-hydrogen) atoms. The van der Waals surface area contributed by atoms with Gasteiger partial charge in [-0.05, 0) is 44.9 Å². The molecule has 1 aromatic heterocycles. The predicted molar refractivity (Wildman–Crippen MR) is 101 cm³/mol. The van der Waals surface area contributed by atoms with Gasteiger partial charge in [-0.15, -0.1) is 0 Å². The highest BCUT2D eigenvalue weighted by atomic mass is 16.5. The molecule has 0 radical (unpaired) electrons. The third-order valence-corrected chi connectivity index (χ3v) is 5.20. The Bertz CT molecular complexity index is 765. The summed E-state index contributed by atoms with van der Waals surface area (Å²) in [5, 5.41) is 0. The van der Waals surface area contributed by atoms with Crippen molar-refractivity contribution in [2.75, 3.05) is 20.8 Å². The lowest BCUT2D eigenvalue weighted by Gasteiger charge is -2.17. The Labute approximate surface area is 154 Å². The van der Waals surface area contributed by atoms with Crippen LogP contribution in [0.2, 0.25) is 0 Å². The van der Waals surface area contributed by atoms with E-state index in [0.29, 0.717) is 23.3 Å². The van der Waals surface area contributed by atoms with Gasteiger partial charge in [0.05, 0.1) is 14.2 Å². The van der Waals surface area contributed by atoms with Crippen LogP contribution in [0, 0.1) is 13.8 Å². The number of hydrogen-bond acceptors (Lipinski definition) is 4. The zero-order chi connectivity index (χ0) is 18.7. The van der Waals surface area contributed by atoms with E-state index in [2.05, 4.69) is 11.5 Å². The van der Waals surface area contributed by atoms with Gasteiger partial charge in [-0.3, -0.25) is 4.79 Å². The smallest absolute Gasteiger partial charge is 0.203 e. The molecule has 0 spiro atoms. The highest BCUT2D eigenvalue weighted by Crippen LogP contribution is 2.37. The van der Waals surface area contributed by atoms with Crippen molar-refractivity contribution in [1.29, 1.82) is 0 Å². The fraction of sp³-hybridized carbons (Fsp3) is 0.476. The molecule has 1 aliphatic rings. The average molecular weight is 357 g/mol. The van der Waals surface area contributed by atoms with Crippen LogP contribution in [0.3, 0.4) is 0 Å². The van der Waals surface area contributed by atoms with Gasteiger partial charge in [-0.25, -0.2) is 0 Å². The van der Waals surface area contributed by atoms with Crippen molar-refractivity contribution >= 4 is 5.78 Å². The number of aromatic nitrogens is 1. The highest BCUT2D eigenvalue weighted by molar-refractivity contribution is 5.98. The first-order valence-electron chi connectivity index (χ1n) is 9.12. The number of Topliss-reactive ketones (excluding diaryl/α,β-unsaturated/α-hetero) is 1. The second-order valence-corrected chi connectivity index (χ2v) is 6.80. The summed E-state index contributed by atoms with van der Waals surface area (Å²) in [6.07, 6.45) is 4.92. The van der Waals surface area contributed by atoms with Crippen LogP contribution in [0.5, 0.6) is 17.2 Å². The summed E-state index contributed by atoms with van der Waals surface area (Å²) in [5.74, 6) is 1.52. The largest absolute Gasteiger partial charge is 0.493 e. The van der Waals surface area contributed by atoms with E-state index in [1.165, 1.54) is 25.7 Å². The molecule has 0 atom stereocenters. The molecule has 5 nitrogen and oxygen atoms in total. The summed E-state index contributed by atoms with van der Waals surface area (Å²) in [4.78, 5) is 12.8. The van der Waals surface area contributed by atoms with E-state index in [1.54, 1.807) is 26.4 Å². The summed E-state index contributed by atoms with van der Waals surface area (Å²) in [5.41, 5.74) is 2.92. The quantitative estimate of drug-likeness (QED) is 0.685. The number of rotatable bonds is 7. The van der Waals surface area contributed by atoms with Gasteiger partial charge >= 0.3 is 0 Å². The summed E-state index contributed by atoms with van der Waals surface area (Å²) in [6, 6.07) is 7.90. The molecule has 0 saturated heterocycles. The molecule has 0 bridgehead atoms. The minimum atomic E-state index is -0.0499.